The minimum absolute atomic E-state index is 0.292. The molecule has 9 nitrogen and oxygen atoms in total. The molecule has 0 radical (unpaired) electrons. The Morgan fingerprint density at radius 3 is 2.35 bits per heavy atom. The maximum atomic E-state index is 12.7. The van der Waals surface area contributed by atoms with Crippen molar-refractivity contribution in [3.8, 4) is 17.2 Å². The van der Waals surface area contributed by atoms with Gasteiger partial charge in [0.2, 0.25) is 0 Å². The number of aryl methyl sites for hydroxylation is 1. The predicted octanol–water partition coefficient (Wildman–Crippen LogP) is 5.59. The van der Waals surface area contributed by atoms with Gasteiger partial charge in [-0.25, -0.2) is 4.68 Å². The molecule has 4 rings (SSSR count). The van der Waals surface area contributed by atoms with E-state index < -0.39 is 0 Å². The van der Waals surface area contributed by atoms with Crippen LogP contribution in [0.5, 0.6) is 17.2 Å². The summed E-state index contributed by atoms with van der Waals surface area (Å²) in [5.41, 5.74) is 3.84. The van der Waals surface area contributed by atoms with E-state index in [0.29, 0.717) is 49.4 Å². The lowest BCUT2D eigenvalue weighted by Crippen LogP contribution is -2.15. The molecule has 0 atom stereocenters. The third kappa shape index (κ3) is 6.51. The largest absolute Gasteiger partial charge is 0.490 e. The van der Waals surface area contributed by atoms with E-state index in [2.05, 4.69) is 31.4 Å². The molecular formula is C27H30BrN5O4. The van der Waals surface area contributed by atoms with E-state index >= 15 is 0 Å². The molecule has 194 valence electrons. The van der Waals surface area contributed by atoms with Gasteiger partial charge in [-0.1, -0.05) is 6.07 Å². The summed E-state index contributed by atoms with van der Waals surface area (Å²) in [5, 5.41) is 11.7. The van der Waals surface area contributed by atoms with Gasteiger partial charge in [-0.3, -0.25) is 9.48 Å². The van der Waals surface area contributed by atoms with E-state index in [4.69, 9.17) is 14.2 Å². The van der Waals surface area contributed by atoms with Gasteiger partial charge in [0, 0.05) is 11.9 Å². The molecule has 37 heavy (non-hydrogen) atoms. The zero-order valence-electron chi connectivity index (χ0n) is 21.3. The number of aromatic nitrogens is 4. The highest BCUT2D eigenvalue weighted by Crippen LogP contribution is 2.29. The Hall–Kier alpha value is -3.79. The molecule has 0 aliphatic rings. The van der Waals surface area contributed by atoms with Gasteiger partial charge >= 0.3 is 0 Å². The molecule has 0 spiro atoms. The van der Waals surface area contributed by atoms with Gasteiger partial charge < -0.3 is 19.5 Å². The average molecular weight is 568 g/mol. The second-order valence-corrected chi connectivity index (χ2v) is 9.07. The number of nitrogens with zero attached hydrogens (tertiary/aromatic N) is 4. The fourth-order valence-corrected chi connectivity index (χ4v) is 3.98. The molecule has 0 unspecified atom stereocenters. The van der Waals surface area contributed by atoms with Crippen molar-refractivity contribution in [2.45, 2.75) is 41.0 Å². The Kier molecular flexibility index (Phi) is 8.50. The van der Waals surface area contributed by atoms with E-state index in [1.807, 2.05) is 62.7 Å². The summed E-state index contributed by atoms with van der Waals surface area (Å²) in [7, 11) is 0. The molecule has 0 fully saturated rings. The first kappa shape index (κ1) is 26.3. The van der Waals surface area contributed by atoms with E-state index in [1.54, 1.807) is 29.1 Å². The topological polar surface area (TPSA) is 92.4 Å². The van der Waals surface area contributed by atoms with Crippen LogP contribution >= 0.6 is 15.9 Å². The fourth-order valence-electron chi connectivity index (χ4n) is 3.69. The van der Waals surface area contributed by atoms with Crippen LogP contribution in [0.3, 0.4) is 0 Å². The number of halogens is 1. The number of anilines is 1. The number of benzene rings is 2. The quantitative estimate of drug-likeness (QED) is 0.254. The van der Waals surface area contributed by atoms with Gasteiger partial charge in [-0.2, -0.15) is 10.2 Å². The molecule has 0 aliphatic carbocycles. The van der Waals surface area contributed by atoms with Crippen LogP contribution in [0.25, 0.3) is 0 Å². The highest BCUT2D eigenvalue weighted by atomic mass is 79.9. The number of carbonyl (C=O) groups is 1. The Morgan fingerprint density at radius 2 is 1.68 bits per heavy atom. The summed E-state index contributed by atoms with van der Waals surface area (Å²) >= 11 is 3.53. The zero-order chi connectivity index (χ0) is 26.4. The highest BCUT2D eigenvalue weighted by Gasteiger charge is 2.13. The summed E-state index contributed by atoms with van der Waals surface area (Å²) in [6.07, 6.45) is 1.76. The van der Waals surface area contributed by atoms with E-state index in [-0.39, 0.29) is 5.91 Å². The van der Waals surface area contributed by atoms with E-state index in [9.17, 15) is 4.79 Å². The van der Waals surface area contributed by atoms with Crippen LogP contribution in [0.4, 0.5) is 5.69 Å². The van der Waals surface area contributed by atoms with Gasteiger partial charge in [-0.15, -0.1) is 0 Å². The van der Waals surface area contributed by atoms with Crippen LogP contribution in [-0.4, -0.2) is 38.7 Å². The number of nitrogens with one attached hydrogen (secondary N) is 1. The third-order valence-corrected chi connectivity index (χ3v) is 6.72. The number of hydrogen-bond acceptors (Lipinski definition) is 6. The second-order valence-electron chi connectivity index (χ2n) is 8.28. The molecule has 4 aromatic rings. The first-order valence-corrected chi connectivity index (χ1v) is 12.8. The van der Waals surface area contributed by atoms with Crippen LogP contribution < -0.4 is 19.5 Å². The number of carbonyl (C=O) groups excluding carboxylic acids is 1. The molecule has 0 saturated heterocycles. The number of rotatable bonds is 11. The average Bonchev–Trinajstić information content (AvgIpc) is 3.46. The van der Waals surface area contributed by atoms with Crippen molar-refractivity contribution < 1.29 is 19.0 Å². The standard InChI is InChI=1S/C27H30BrN5O4/c1-5-35-24-12-7-20(15-25(24)36-6-2)16-37-22-10-8-21(9-11-22)29-27(34)23-13-14-32(31-23)17-33-19(4)26(28)18(3)30-33/h7-15H,5-6,16-17H2,1-4H3,(H,29,34). The lowest BCUT2D eigenvalue weighted by molar-refractivity contribution is 0.102. The Balaban J connectivity index is 1.32. The number of ether oxygens (including phenoxy) is 3. The van der Waals surface area contributed by atoms with Gasteiger partial charge in [0.05, 0.1) is 29.1 Å². The maximum absolute atomic E-state index is 12.7. The first-order valence-electron chi connectivity index (χ1n) is 12.0. The molecule has 1 amide bonds. The first-order chi connectivity index (χ1) is 17.9. The summed E-state index contributed by atoms with van der Waals surface area (Å²) in [4.78, 5) is 12.7. The number of hydrogen-bond donors (Lipinski definition) is 1. The van der Waals surface area contributed by atoms with Crippen molar-refractivity contribution in [3.05, 3.63) is 81.8 Å². The second kappa shape index (κ2) is 12.0. The molecule has 2 aromatic heterocycles. The van der Waals surface area contributed by atoms with Gasteiger partial charge in [0.1, 0.15) is 19.0 Å². The Morgan fingerprint density at radius 1 is 0.946 bits per heavy atom. The van der Waals surface area contributed by atoms with Crippen molar-refractivity contribution in [3.63, 3.8) is 0 Å². The highest BCUT2D eigenvalue weighted by molar-refractivity contribution is 9.10. The summed E-state index contributed by atoms with van der Waals surface area (Å²) in [6.45, 7) is 9.71. The van der Waals surface area contributed by atoms with Gasteiger partial charge in [0.15, 0.2) is 17.2 Å². The van der Waals surface area contributed by atoms with Crippen molar-refractivity contribution >= 4 is 27.5 Å². The van der Waals surface area contributed by atoms with Crippen molar-refractivity contribution in [2.75, 3.05) is 18.5 Å². The van der Waals surface area contributed by atoms with Crippen LogP contribution in [0.1, 0.15) is 41.3 Å². The van der Waals surface area contributed by atoms with Gasteiger partial charge in [-0.05, 0) is 91.7 Å². The smallest absolute Gasteiger partial charge is 0.276 e. The van der Waals surface area contributed by atoms with Crippen LogP contribution in [0.2, 0.25) is 0 Å². The van der Waals surface area contributed by atoms with Crippen molar-refractivity contribution in [1.29, 1.82) is 0 Å². The fraction of sp³-hybridized carbons (Fsp3) is 0.296. The Bertz CT molecular complexity index is 1360. The van der Waals surface area contributed by atoms with Crippen LogP contribution in [0.15, 0.2) is 59.2 Å². The molecule has 0 aliphatic heterocycles. The molecule has 1 N–H and O–H groups in total. The van der Waals surface area contributed by atoms with Crippen LogP contribution in [0, 0.1) is 13.8 Å². The molecule has 0 saturated carbocycles. The van der Waals surface area contributed by atoms with E-state index in [0.717, 1.165) is 27.2 Å². The van der Waals surface area contributed by atoms with Crippen molar-refractivity contribution in [1.82, 2.24) is 19.6 Å². The minimum atomic E-state index is -0.292. The minimum Gasteiger partial charge on any atom is -0.490 e. The normalized spacial score (nSPS) is 10.8. The Labute approximate surface area is 224 Å². The summed E-state index contributed by atoms with van der Waals surface area (Å²) in [6, 6.07) is 14.7. The monoisotopic (exact) mass is 567 g/mol. The molecular weight excluding hydrogens is 538 g/mol. The maximum Gasteiger partial charge on any atom is 0.276 e. The molecule has 10 heteroatoms. The van der Waals surface area contributed by atoms with Gasteiger partial charge in [0.25, 0.3) is 5.91 Å². The summed E-state index contributed by atoms with van der Waals surface area (Å²) in [5.74, 6) is 1.82. The SMILES string of the molecule is CCOc1ccc(COc2ccc(NC(=O)c3ccn(Cn4nc(C)c(Br)c4C)n3)cc2)cc1OCC. The lowest BCUT2D eigenvalue weighted by atomic mass is 10.2. The third-order valence-electron chi connectivity index (χ3n) is 5.57. The number of amides is 1. The summed E-state index contributed by atoms with van der Waals surface area (Å²) < 4.78 is 21.7. The van der Waals surface area contributed by atoms with E-state index in [1.165, 1.54) is 0 Å². The van der Waals surface area contributed by atoms with Crippen molar-refractivity contribution in [2.24, 2.45) is 0 Å². The predicted molar refractivity (Wildman–Crippen MR) is 145 cm³/mol. The zero-order valence-corrected chi connectivity index (χ0v) is 22.9. The molecule has 2 heterocycles. The molecule has 2 aromatic carbocycles. The molecule has 0 bridgehead atoms. The van der Waals surface area contributed by atoms with Crippen LogP contribution in [-0.2, 0) is 13.3 Å². The lowest BCUT2D eigenvalue weighted by Gasteiger charge is -2.13.